The summed E-state index contributed by atoms with van der Waals surface area (Å²) in [5.74, 6) is 1.91. The molecule has 0 fully saturated rings. The quantitative estimate of drug-likeness (QED) is 0.174. The fourth-order valence-electron chi connectivity index (χ4n) is 10.3. The van der Waals surface area contributed by atoms with Gasteiger partial charge in [0.25, 0.3) is 0 Å². The second-order valence-electron chi connectivity index (χ2n) is 16.3. The summed E-state index contributed by atoms with van der Waals surface area (Å²) in [6.45, 7) is 0. The molecule has 1 spiro atoms. The molecule has 9 aromatic carbocycles. The van der Waals surface area contributed by atoms with E-state index in [1.807, 2.05) is 29.5 Å². The highest BCUT2D eigenvalue weighted by atomic mass is 32.1. The van der Waals surface area contributed by atoms with Crippen molar-refractivity contribution < 1.29 is 0 Å². The molecule has 0 bridgehead atoms. The van der Waals surface area contributed by atoms with Gasteiger partial charge >= 0.3 is 0 Å². The maximum atomic E-state index is 5.28. The fourth-order valence-corrected chi connectivity index (χ4v) is 11.4. The molecule has 13 rings (SSSR count). The fraction of sp³-hybridized carbons (Fsp3) is 0.0172. The molecule has 0 saturated heterocycles. The highest BCUT2D eigenvalue weighted by Crippen LogP contribution is 2.63. The minimum absolute atomic E-state index is 0.367. The van der Waals surface area contributed by atoms with E-state index in [2.05, 4.69) is 194 Å². The Labute approximate surface area is 363 Å². The third kappa shape index (κ3) is 5.14. The van der Waals surface area contributed by atoms with Gasteiger partial charge in [0, 0.05) is 36.9 Å². The average molecular weight is 806 g/mol. The summed E-state index contributed by atoms with van der Waals surface area (Å²) < 4.78 is 2.58. The van der Waals surface area contributed by atoms with Gasteiger partial charge in [0.1, 0.15) is 0 Å². The van der Waals surface area contributed by atoms with Gasteiger partial charge in [0.05, 0.1) is 5.41 Å². The summed E-state index contributed by atoms with van der Waals surface area (Å²) in [5, 5.41) is 2.54. The van der Waals surface area contributed by atoms with Crippen molar-refractivity contribution in [2.45, 2.75) is 5.41 Å². The van der Waals surface area contributed by atoms with Gasteiger partial charge in [-0.15, -0.1) is 11.3 Å². The van der Waals surface area contributed by atoms with E-state index in [4.69, 9.17) is 15.0 Å². The lowest BCUT2D eigenvalue weighted by Gasteiger charge is -2.30. The summed E-state index contributed by atoms with van der Waals surface area (Å²) >= 11 is 1.83. The largest absolute Gasteiger partial charge is 0.208 e. The lowest BCUT2D eigenvalue weighted by Crippen LogP contribution is -2.25. The minimum Gasteiger partial charge on any atom is -0.208 e. The number of fused-ring (bicyclic) bond motifs is 13. The molecule has 0 N–H and O–H groups in total. The van der Waals surface area contributed by atoms with Crippen molar-refractivity contribution in [3.8, 4) is 78.7 Å². The monoisotopic (exact) mass is 805 g/mol. The van der Waals surface area contributed by atoms with Crippen molar-refractivity contribution in [2.24, 2.45) is 0 Å². The molecule has 0 atom stereocenters. The Kier molecular flexibility index (Phi) is 7.69. The third-order valence-electron chi connectivity index (χ3n) is 13.0. The molecule has 2 aromatic heterocycles. The maximum absolute atomic E-state index is 5.28. The van der Waals surface area contributed by atoms with Gasteiger partial charge < -0.3 is 0 Å². The maximum Gasteiger partial charge on any atom is 0.164 e. The zero-order chi connectivity index (χ0) is 40.8. The van der Waals surface area contributed by atoms with Crippen LogP contribution in [0.3, 0.4) is 0 Å². The molecule has 4 heteroatoms. The molecular formula is C58H35N3S. The second kappa shape index (κ2) is 13.6. The SMILES string of the molecule is c1ccc(-c2nc(-c3cccc(-c4ccc5c(c4)-c4ccccc4C54c5ccccc5-c5ccccc54)c3)nc(-c3ccccc3-c3ccc4sc5ccccc5c4c3)n2)cc1. The molecule has 2 aliphatic rings. The molecule has 0 unspecified atom stereocenters. The lowest BCUT2D eigenvalue weighted by atomic mass is 9.70. The molecule has 288 valence electrons. The van der Waals surface area contributed by atoms with Crippen LogP contribution in [0.25, 0.3) is 98.8 Å². The van der Waals surface area contributed by atoms with Crippen molar-refractivity contribution >= 4 is 31.5 Å². The Hall–Kier alpha value is -7.79. The van der Waals surface area contributed by atoms with Crippen LogP contribution in [0.15, 0.2) is 212 Å². The third-order valence-corrected chi connectivity index (χ3v) is 14.1. The van der Waals surface area contributed by atoms with Crippen LogP contribution in [0.1, 0.15) is 22.3 Å². The predicted octanol–water partition coefficient (Wildman–Crippen LogP) is 14.9. The Morgan fingerprint density at radius 3 is 1.52 bits per heavy atom. The highest BCUT2D eigenvalue weighted by molar-refractivity contribution is 7.25. The van der Waals surface area contributed by atoms with Crippen LogP contribution < -0.4 is 0 Å². The normalized spacial score (nSPS) is 13.0. The topological polar surface area (TPSA) is 38.7 Å². The van der Waals surface area contributed by atoms with Crippen LogP contribution in [0, 0.1) is 0 Å². The first-order valence-corrected chi connectivity index (χ1v) is 21.9. The first kappa shape index (κ1) is 35.0. The second-order valence-corrected chi connectivity index (χ2v) is 17.3. The van der Waals surface area contributed by atoms with Gasteiger partial charge in [-0.05, 0) is 97.1 Å². The molecular weight excluding hydrogens is 771 g/mol. The summed E-state index contributed by atoms with van der Waals surface area (Å²) in [6.07, 6.45) is 0. The van der Waals surface area contributed by atoms with Gasteiger partial charge in [-0.2, -0.15) is 0 Å². The average Bonchev–Trinajstić information content (AvgIpc) is 3.98. The van der Waals surface area contributed by atoms with Gasteiger partial charge in [-0.1, -0.05) is 182 Å². The van der Waals surface area contributed by atoms with Crippen LogP contribution in [0.4, 0.5) is 0 Å². The number of aromatic nitrogens is 3. The van der Waals surface area contributed by atoms with Gasteiger partial charge in [-0.25, -0.2) is 15.0 Å². The molecule has 2 aliphatic carbocycles. The Morgan fingerprint density at radius 2 is 0.774 bits per heavy atom. The minimum atomic E-state index is -0.367. The number of rotatable bonds is 5. The number of hydrogen-bond acceptors (Lipinski definition) is 4. The van der Waals surface area contributed by atoms with Crippen LogP contribution in [-0.2, 0) is 5.41 Å². The van der Waals surface area contributed by atoms with E-state index in [9.17, 15) is 0 Å². The standard InChI is InChI=1S/C58H35N3S/c1-2-15-36(16-3-1)55-59-56(61-57(60-55)46-24-5-4-19-41(46)39-30-32-54-48(35-39)45-23-9-13-28-53(45)62-54)40-18-14-17-37(33-40)38-29-31-52-47(34-38)44-22-8-12-27-51(44)58(52)49-25-10-6-20-42(49)43-21-7-11-26-50(43)58/h1-35H. The zero-order valence-electron chi connectivity index (χ0n) is 33.5. The summed E-state index contributed by atoms with van der Waals surface area (Å²) in [7, 11) is 0. The summed E-state index contributed by atoms with van der Waals surface area (Å²) in [5.41, 5.74) is 17.5. The predicted molar refractivity (Wildman–Crippen MR) is 256 cm³/mol. The first-order chi connectivity index (χ1) is 30.7. The van der Waals surface area contributed by atoms with E-state index in [-0.39, 0.29) is 5.41 Å². The van der Waals surface area contributed by atoms with E-state index in [1.54, 1.807) is 0 Å². The van der Waals surface area contributed by atoms with Crippen LogP contribution in [-0.4, -0.2) is 15.0 Å². The molecule has 11 aromatic rings. The van der Waals surface area contributed by atoms with Crippen molar-refractivity contribution in [1.29, 1.82) is 0 Å². The molecule has 62 heavy (non-hydrogen) atoms. The number of hydrogen-bond donors (Lipinski definition) is 0. The van der Waals surface area contributed by atoms with Crippen molar-refractivity contribution in [2.75, 3.05) is 0 Å². The molecule has 0 saturated carbocycles. The molecule has 2 heterocycles. The zero-order valence-corrected chi connectivity index (χ0v) is 34.3. The van der Waals surface area contributed by atoms with E-state index < -0.39 is 0 Å². The molecule has 3 nitrogen and oxygen atoms in total. The van der Waals surface area contributed by atoms with E-state index in [1.165, 1.54) is 64.7 Å². The van der Waals surface area contributed by atoms with E-state index in [0.717, 1.165) is 38.9 Å². The van der Waals surface area contributed by atoms with E-state index in [0.29, 0.717) is 17.5 Å². The number of benzene rings is 9. The van der Waals surface area contributed by atoms with Crippen molar-refractivity contribution in [1.82, 2.24) is 15.0 Å². The summed E-state index contributed by atoms with van der Waals surface area (Å²) in [6, 6.07) is 76.8. The Bertz CT molecular complexity index is 3560. The smallest absolute Gasteiger partial charge is 0.164 e. The highest BCUT2D eigenvalue weighted by Gasteiger charge is 2.51. The first-order valence-electron chi connectivity index (χ1n) is 21.1. The van der Waals surface area contributed by atoms with E-state index >= 15 is 0 Å². The van der Waals surface area contributed by atoms with Gasteiger partial charge in [-0.3, -0.25) is 0 Å². The van der Waals surface area contributed by atoms with Gasteiger partial charge in [0.2, 0.25) is 0 Å². The van der Waals surface area contributed by atoms with Crippen LogP contribution >= 0.6 is 11.3 Å². The molecule has 0 radical (unpaired) electrons. The Morgan fingerprint density at radius 1 is 0.274 bits per heavy atom. The summed E-state index contributed by atoms with van der Waals surface area (Å²) in [4.78, 5) is 15.6. The van der Waals surface area contributed by atoms with Crippen molar-refractivity contribution in [3.05, 3.63) is 235 Å². The van der Waals surface area contributed by atoms with Crippen LogP contribution in [0.2, 0.25) is 0 Å². The molecule has 0 amide bonds. The van der Waals surface area contributed by atoms with Crippen molar-refractivity contribution in [3.63, 3.8) is 0 Å². The van der Waals surface area contributed by atoms with Gasteiger partial charge in [0.15, 0.2) is 17.5 Å². The van der Waals surface area contributed by atoms with Crippen LogP contribution in [0.5, 0.6) is 0 Å². The lowest BCUT2D eigenvalue weighted by molar-refractivity contribution is 0.794. The number of thiophene rings is 1. The Balaban J connectivity index is 0.949. The molecule has 0 aliphatic heterocycles. The number of nitrogens with zero attached hydrogens (tertiary/aromatic N) is 3.